The van der Waals surface area contributed by atoms with E-state index in [4.69, 9.17) is 27.6 Å². The summed E-state index contributed by atoms with van der Waals surface area (Å²) in [5, 5.41) is 5.16. The van der Waals surface area contributed by atoms with Gasteiger partial charge in [-0.1, -0.05) is 41.4 Å². The Morgan fingerprint density at radius 1 is 1.25 bits per heavy atom. The maximum Gasteiger partial charge on any atom is 0.154 e. The predicted octanol–water partition coefficient (Wildman–Crippen LogP) is 5.06. The van der Waals surface area contributed by atoms with Gasteiger partial charge < -0.3 is 9.73 Å². The smallest absolute Gasteiger partial charge is 0.154 e. The lowest BCUT2D eigenvalue weighted by Crippen LogP contribution is -2.02. The Morgan fingerprint density at radius 3 is 2.85 bits per heavy atom. The van der Waals surface area contributed by atoms with Gasteiger partial charge in [0.25, 0.3) is 0 Å². The normalized spacial score (nSPS) is 10.9. The molecule has 0 radical (unpaired) electrons. The van der Waals surface area contributed by atoms with Crippen molar-refractivity contribution in [2.75, 3.05) is 5.32 Å². The number of nitrogens with one attached hydrogen (secondary N) is 1. The molecule has 102 valence electrons. The number of furan rings is 1. The van der Waals surface area contributed by atoms with Crippen LogP contribution >= 0.6 is 23.2 Å². The molecule has 0 amide bonds. The summed E-state index contributed by atoms with van der Waals surface area (Å²) in [5.41, 5.74) is 3.71. The highest BCUT2D eigenvalue weighted by molar-refractivity contribution is 6.34. The minimum atomic E-state index is 0.378. The van der Waals surface area contributed by atoms with Crippen molar-refractivity contribution >= 4 is 39.9 Å². The molecular formula is C15H12Cl2N2O. The summed E-state index contributed by atoms with van der Waals surface area (Å²) >= 11 is 12.0. The van der Waals surface area contributed by atoms with Gasteiger partial charge in [0.05, 0.1) is 12.0 Å². The number of halogens is 2. The molecule has 0 spiro atoms. The van der Waals surface area contributed by atoms with Crippen LogP contribution < -0.4 is 5.32 Å². The van der Waals surface area contributed by atoms with Crippen LogP contribution in [-0.2, 0) is 6.54 Å². The first-order valence-corrected chi connectivity index (χ1v) is 6.92. The van der Waals surface area contributed by atoms with E-state index in [-0.39, 0.29) is 0 Å². The van der Waals surface area contributed by atoms with Gasteiger partial charge in [-0.25, -0.2) is 4.98 Å². The van der Waals surface area contributed by atoms with E-state index in [1.54, 1.807) is 12.3 Å². The number of anilines is 1. The lowest BCUT2D eigenvalue weighted by atomic mass is 10.1. The first-order chi connectivity index (χ1) is 9.65. The van der Waals surface area contributed by atoms with Crippen LogP contribution in [0.4, 0.5) is 5.69 Å². The number of pyridine rings is 1. The molecule has 2 aromatic heterocycles. The third kappa shape index (κ3) is 2.47. The summed E-state index contributed by atoms with van der Waals surface area (Å²) in [7, 11) is 0. The van der Waals surface area contributed by atoms with E-state index in [9.17, 15) is 0 Å². The first kappa shape index (κ1) is 13.3. The van der Waals surface area contributed by atoms with Crippen LogP contribution in [0.2, 0.25) is 10.3 Å². The summed E-state index contributed by atoms with van der Waals surface area (Å²) in [6, 6.07) is 9.70. The van der Waals surface area contributed by atoms with Crippen LogP contribution in [0.3, 0.4) is 0 Å². The van der Waals surface area contributed by atoms with Gasteiger partial charge in [0.1, 0.15) is 10.7 Å². The molecule has 0 aliphatic heterocycles. The van der Waals surface area contributed by atoms with Crippen molar-refractivity contribution < 1.29 is 4.42 Å². The fourth-order valence-electron chi connectivity index (χ4n) is 2.16. The number of hydrogen-bond acceptors (Lipinski definition) is 3. The minimum Gasteiger partial charge on any atom is -0.464 e. The monoisotopic (exact) mass is 306 g/mol. The predicted molar refractivity (Wildman–Crippen MR) is 82.5 cm³/mol. The summed E-state index contributed by atoms with van der Waals surface area (Å²) in [4.78, 5) is 4.04. The van der Waals surface area contributed by atoms with E-state index in [1.165, 1.54) is 0 Å². The van der Waals surface area contributed by atoms with Crippen LogP contribution in [0.5, 0.6) is 0 Å². The van der Waals surface area contributed by atoms with Gasteiger partial charge in [-0.05, 0) is 24.6 Å². The average molecular weight is 307 g/mol. The Hall–Kier alpha value is -1.71. The second kappa shape index (κ2) is 5.35. The lowest BCUT2D eigenvalue weighted by molar-refractivity contribution is 0.611. The van der Waals surface area contributed by atoms with Gasteiger partial charge in [-0.15, -0.1) is 0 Å². The third-order valence-corrected chi connectivity index (χ3v) is 3.63. The number of rotatable bonds is 3. The highest BCUT2D eigenvalue weighted by Gasteiger charge is 2.09. The number of nitrogens with zero attached hydrogens (tertiary/aromatic N) is 1. The van der Waals surface area contributed by atoms with E-state index < -0.39 is 0 Å². The van der Waals surface area contributed by atoms with E-state index in [0.717, 1.165) is 27.8 Å². The summed E-state index contributed by atoms with van der Waals surface area (Å²) in [6.45, 7) is 2.55. The SMILES string of the molecule is Cc1cc(Cl)nc(Cl)c1NCc1coc2ccccc12. The molecule has 0 aliphatic rings. The maximum absolute atomic E-state index is 6.11. The zero-order valence-electron chi connectivity index (χ0n) is 10.8. The standard InChI is InChI=1S/C15H12Cl2N2O/c1-9-6-13(16)19-15(17)14(9)18-7-10-8-20-12-5-3-2-4-11(10)12/h2-6,8,18H,7H2,1H3. The van der Waals surface area contributed by atoms with Gasteiger partial charge in [0, 0.05) is 17.5 Å². The fourth-order valence-corrected chi connectivity index (χ4v) is 2.76. The number of hydrogen-bond donors (Lipinski definition) is 1. The molecule has 1 N–H and O–H groups in total. The zero-order chi connectivity index (χ0) is 14.1. The number of aromatic nitrogens is 1. The van der Waals surface area contributed by atoms with Crippen molar-refractivity contribution in [1.82, 2.24) is 4.98 Å². The van der Waals surface area contributed by atoms with Gasteiger partial charge >= 0.3 is 0 Å². The molecule has 1 aromatic carbocycles. The number of para-hydroxylation sites is 1. The summed E-state index contributed by atoms with van der Waals surface area (Å²) < 4.78 is 5.51. The molecule has 0 atom stereocenters. The molecule has 2 heterocycles. The molecule has 0 unspecified atom stereocenters. The van der Waals surface area contributed by atoms with E-state index >= 15 is 0 Å². The fraction of sp³-hybridized carbons (Fsp3) is 0.133. The summed E-state index contributed by atoms with van der Waals surface area (Å²) in [5.74, 6) is 0. The Kier molecular flexibility index (Phi) is 3.55. The highest BCUT2D eigenvalue weighted by Crippen LogP contribution is 2.28. The molecule has 0 fully saturated rings. The topological polar surface area (TPSA) is 38.1 Å². The van der Waals surface area contributed by atoms with Gasteiger partial charge in [0.2, 0.25) is 0 Å². The molecule has 3 nitrogen and oxygen atoms in total. The van der Waals surface area contributed by atoms with Gasteiger partial charge in [-0.2, -0.15) is 0 Å². The molecule has 0 saturated carbocycles. The molecule has 20 heavy (non-hydrogen) atoms. The second-order valence-electron chi connectivity index (χ2n) is 4.54. The molecular weight excluding hydrogens is 295 g/mol. The van der Waals surface area contributed by atoms with Crippen LogP contribution in [0.25, 0.3) is 11.0 Å². The lowest BCUT2D eigenvalue weighted by Gasteiger charge is -2.10. The maximum atomic E-state index is 6.11. The van der Waals surface area contributed by atoms with Crippen LogP contribution in [0, 0.1) is 6.92 Å². The minimum absolute atomic E-state index is 0.378. The van der Waals surface area contributed by atoms with E-state index in [2.05, 4.69) is 10.3 Å². The number of aryl methyl sites for hydroxylation is 1. The summed E-state index contributed by atoms with van der Waals surface area (Å²) in [6.07, 6.45) is 1.75. The van der Waals surface area contributed by atoms with E-state index in [0.29, 0.717) is 16.9 Å². The molecule has 0 saturated heterocycles. The highest BCUT2D eigenvalue weighted by atomic mass is 35.5. The van der Waals surface area contributed by atoms with Crippen molar-refractivity contribution in [2.24, 2.45) is 0 Å². The van der Waals surface area contributed by atoms with Crippen LogP contribution in [0.1, 0.15) is 11.1 Å². The van der Waals surface area contributed by atoms with Crippen LogP contribution in [0.15, 0.2) is 41.0 Å². The van der Waals surface area contributed by atoms with Crippen molar-refractivity contribution in [1.29, 1.82) is 0 Å². The van der Waals surface area contributed by atoms with Gasteiger partial charge in [-0.3, -0.25) is 0 Å². The molecule has 0 bridgehead atoms. The average Bonchev–Trinajstić information content (AvgIpc) is 2.81. The third-order valence-electron chi connectivity index (χ3n) is 3.16. The van der Waals surface area contributed by atoms with E-state index in [1.807, 2.05) is 31.2 Å². The van der Waals surface area contributed by atoms with Crippen molar-refractivity contribution in [2.45, 2.75) is 13.5 Å². The first-order valence-electron chi connectivity index (χ1n) is 6.17. The Balaban J connectivity index is 1.87. The van der Waals surface area contributed by atoms with Crippen LogP contribution in [-0.4, -0.2) is 4.98 Å². The second-order valence-corrected chi connectivity index (χ2v) is 5.28. The number of benzene rings is 1. The van der Waals surface area contributed by atoms with Crippen molar-refractivity contribution in [3.05, 3.63) is 58.0 Å². The zero-order valence-corrected chi connectivity index (χ0v) is 12.3. The number of fused-ring (bicyclic) bond motifs is 1. The van der Waals surface area contributed by atoms with Crippen molar-refractivity contribution in [3.8, 4) is 0 Å². The quantitative estimate of drug-likeness (QED) is 0.688. The van der Waals surface area contributed by atoms with Gasteiger partial charge in [0.15, 0.2) is 5.15 Å². The molecule has 5 heteroatoms. The largest absolute Gasteiger partial charge is 0.464 e. The Bertz CT molecular complexity index is 744. The molecule has 3 aromatic rings. The van der Waals surface area contributed by atoms with Crippen molar-refractivity contribution in [3.63, 3.8) is 0 Å². The Morgan fingerprint density at radius 2 is 2.05 bits per heavy atom. The Labute approximate surface area is 126 Å². The molecule has 3 rings (SSSR count). The molecule has 0 aliphatic carbocycles.